The minimum absolute atomic E-state index is 0.0432. The molecule has 0 spiro atoms. The van der Waals surface area contributed by atoms with Crippen LogP contribution in [-0.2, 0) is 6.42 Å². The first-order valence-electron chi connectivity index (χ1n) is 6.14. The number of aromatic nitrogens is 2. The average molecular weight is 274 g/mol. The molecule has 7 nitrogen and oxygen atoms in total. The quantitative estimate of drug-likeness (QED) is 0.664. The van der Waals surface area contributed by atoms with E-state index in [1.807, 2.05) is 6.92 Å². The lowest BCUT2D eigenvalue weighted by atomic mass is 10.3. The largest absolute Gasteiger partial charge is 0.439 e. The van der Waals surface area contributed by atoms with Gasteiger partial charge in [0.25, 0.3) is 5.69 Å². The molecule has 0 radical (unpaired) electrons. The maximum Gasteiger partial charge on any atom is 0.273 e. The Bertz CT molecular complexity index is 631. The summed E-state index contributed by atoms with van der Waals surface area (Å²) in [6, 6.07) is 7.37. The van der Waals surface area contributed by atoms with Gasteiger partial charge in [-0.25, -0.2) is 4.98 Å². The molecule has 2 rings (SSSR count). The van der Waals surface area contributed by atoms with E-state index in [1.54, 1.807) is 12.1 Å². The lowest BCUT2D eigenvalue weighted by Crippen LogP contribution is -2.01. The van der Waals surface area contributed by atoms with Crippen molar-refractivity contribution in [3.63, 3.8) is 0 Å². The number of nitrogens with two attached hydrogens (primary N) is 1. The van der Waals surface area contributed by atoms with Gasteiger partial charge in [0.1, 0.15) is 17.4 Å². The monoisotopic (exact) mass is 274 g/mol. The van der Waals surface area contributed by atoms with Gasteiger partial charge in [-0.2, -0.15) is 4.98 Å². The van der Waals surface area contributed by atoms with E-state index in [0.29, 0.717) is 23.8 Å². The maximum absolute atomic E-state index is 10.7. The molecule has 0 unspecified atom stereocenters. The molecule has 0 aliphatic carbocycles. The second-order valence-electron chi connectivity index (χ2n) is 4.15. The van der Waals surface area contributed by atoms with E-state index in [2.05, 4.69) is 9.97 Å². The van der Waals surface area contributed by atoms with Gasteiger partial charge in [-0.1, -0.05) is 13.0 Å². The SMILES string of the molecule is CCCc1nc(N)cc(Oc2cccc([N+](=O)[O-])c2)n1. The first-order chi connectivity index (χ1) is 9.58. The van der Waals surface area contributed by atoms with Crippen molar-refractivity contribution in [2.45, 2.75) is 19.8 Å². The van der Waals surface area contributed by atoms with Crippen molar-refractivity contribution in [2.24, 2.45) is 0 Å². The second-order valence-corrected chi connectivity index (χ2v) is 4.15. The van der Waals surface area contributed by atoms with Crippen LogP contribution >= 0.6 is 0 Å². The number of nitro groups is 1. The first kappa shape index (κ1) is 13.7. The van der Waals surface area contributed by atoms with Gasteiger partial charge < -0.3 is 10.5 Å². The van der Waals surface area contributed by atoms with E-state index in [1.165, 1.54) is 18.2 Å². The molecular formula is C13H14N4O3. The van der Waals surface area contributed by atoms with Gasteiger partial charge in [0.2, 0.25) is 5.88 Å². The molecule has 20 heavy (non-hydrogen) atoms. The van der Waals surface area contributed by atoms with E-state index in [4.69, 9.17) is 10.5 Å². The molecule has 0 aliphatic heterocycles. The van der Waals surface area contributed by atoms with Crippen molar-refractivity contribution in [2.75, 3.05) is 5.73 Å². The predicted octanol–water partition coefficient (Wildman–Crippen LogP) is 2.71. The van der Waals surface area contributed by atoms with E-state index in [-0.39, 0.29) is 11.6 Å². The van der Waals surface area contributed by atoms with Crippen LogP contribution in [0, 0.1) is 10.1 Å². The van der Waals surface area contributed by atoms with Crippen LogP contribution in [0.3, 0.4) is 0 Å². The van der Waals surface area contributed by atoms with Crippen molar-refractivity contribution >= 4 is 11.5 Å². The molecule has 0 bridgehead atoms. The van der Waals surface area contributed by atoms with Crippen molar-refractivity contribution in [1.82, 2.24) is 9.97 Å². The summed E-state index contributed by atoms with van der Waals surface area (Å²) >= 11 is 0. The average Bonchev–Trinajstić information content (AvgIpc) is 2.38. The van der Waals surface area contributed by atoms with Gasteiger partial charge in [-0.15, -0.1) is 0 Å². The fraction of sp³-hybridized carbons (Fsp3) is 0.231. The molecule has 2 N–H and O–H groups in total. The second kappa shape index (κ2) is 5.96. The zero-order valence-electron chi connectivity index (χ0n) is 10.9. The van der Waals surface area contributed by atoms with Gasteiger partial charge in [0.05, 0.1) is 11.0 Å². The Balaban J connectivity index is 2.25. The van der Waals surface area contributed by atoms with Crippen LogP contribution < -0.4 is 10.5 Å². The lowest BCUT2D eigenvalue weighted by Gasteiger charge is -2.07. The van der Waals surface area contributed by atoms with Gasteiger partial charge in [0.15, 0.2) is 0 Å². The number of ether oxygens (including phenoxy) is 1. The van der Waals surface area contributed by atoms with Crippen LogP contribution in [0.5, 0.6) is 11.6 Å². The topological polar surface area (TPSA) is 104 Å². The van der Waals surface area contributed by atoms with Gasteiger partial charge in [-0.05, 0) is 12.5 Å². The molecule has 1 aromatic heterocycles. The van der Waals surface area contributed by atoms with Crippen molar-refractivity contribution < 1.29 is 9.66 Å². The lowest BCUT2D eigenvalue weighted by molar-refractivity contribution is -0.384. The molecule has 1 aromatic carbocycles. The Morgan fingerprint density at radius 3 is 2.85 bits per heavy atom. The summed E-state index contributed by atoms with van der Waals surface area (Å²) < 4.78 is 5.50. The number of nitrogens with zero attached hydrogens (tertiary/aromatic N) is 3. The molecule has 0 fully saturated rings. The molecule has 0 saturated heterocycles. The number of benzene rings is 1. The van der Waals surface area contributed by atoms with Crippen LogP contribution in [0.2, 0.25) is 0 Å². The number of hydrogen-bond donors (Lipinski definition) is 1. The van der Waals surface area contributed by atoms with E-state index < -0.39 is 4.92 Å². The number of nitrogen functional groups attached to an aromatic ring is 1. The van der Waals surface area contributed by atoms with Crippen LogP contribution in [-0.4, -0.2) is 14.9 Å². The number of non-ortho nitro benzene ring substituents is 1. The molecule has 1 heterocycles. The van der Waals surface area contributed by atoms with Gasteiger partial charge in [0, 0.05) is 18.6 Å². The third-order valence-corrected chi connectivity index (χ3v) is 2.49. The summed E-state index contributed by atoms with van der Waals surface area (Å²) in [7, 11) is 0. The fourth-order valence-corrected chi connectivity index (χ4v) is 1.66. The summed E-state index contributed by atoms with van der Waals surface area (Å²) in [6.07, 6.45) is 1.58. The summed E-state index contributed by atoms with van der Waals surface area (Å²) in [5.41, 5.74) is 5.64. The number of hydrogen-bond acceptors (Lipinski definition) is 6. The van der Waals surface area contributed by atoms with Crippen molar-refractivity contribution in [3.05, 3.63) is 46.3 Å². The highest BCUT2D eigenvalue weighted by Gasteiger charge is 2.09. The highest BCUT2D eigenvalue weighted by atomic mass is 16.6. The standard InChI is InChI=1S/C13H14N4O3/c1-2-4-12-15-11(14)8-13(16-12)20-10-6-3-5-9(7-10)17(18)19/h3,5-8H,2,4H2,1H3,(H2,14,15,16). The summed E-state index contributed by atoms with van der Waals surface area (Å²) in [5.74, 6) is 1.51. The minimum Gasteiger partial charge on any atom is -0.439 e. The van der Waals surface area contributed by atoms with Gasteiger partial charge in [-0.3, -0.25) is 10.1 Å². The van der Waals surface area contributed by atoms with Crippen LogP contribution in [0.4, 0.5) is 11.5 Å². The number of nitro benzene ring substituents is 1. The Morgan fingerprint density at radius 1 is 1.35 bits per heavy atom. The molecular weight excluding hydrogens is 260 g/mol. The molecule has 7 heteroatoms. The zero-order valence-corrected chi connectivity index (χ0v) is 10.9. The van der Waals surface area contributed by atoms with Crippen molar-refractivity contribution in [3.8, 4) is 11.6 Å². The molecule has 104 valence electrons. The molecule has 2 aromatic rings. The third kappa shape index (κ3) is 3.41. The molecule has 0 saturated carbocycles. The summed E-state index contributed by atoms with van der Waals surface area (Å²) in [4.78, 5) is 18.5. The Labute approximate surface area is 115 Å². The van der Waals surface area contributed by atoms with Crippen molar-refractivity contribution in [1.29, 1.82) is 0 Å². The van der Waals surface area contributed by atoms with E-state index >= 15 is 0 Å². The molecule has 0 amide bonds. The molecule has 0 atom stereocenters. The highest BCUT2D eigenvalue weighted by Crippen LogP contribution is 2.24. The van der Waals surface area contributed by atoms with Crippen LogP contribution in [0.15, 0.2) is 30.3 Å². The highest BCUT2D eigenvalue weighted by molar-refractivity contribution is 5.41. The predicted molar refractivity (Wildman–Crippen MR) is 73.6 cm³/mol. The number of aryl methyl sites for hydroxylation is 1. The number of rotatable bonds is 5. The summed E-state index contributed by atoms with van der Waals surface area (Å²) in [6.45, 7) is 2.01. The first-order valence-corrected chi connectivity index (χ1v) is 6.14. The Kier molecular flexibility index (Phi) is 4.09. The molecule has 0 aliphatic rings. The third-order valence-electron chi connectivity index (χ3n) is 2.49. The van der Waals surface area contributed by atoms with Crippen LogP contribution in [0.25, 0.3) is 0 Å². The minimum atomic E-state index is -0.482. The Morgan fingerprint density at radius 2 is 2.15 bits per heavy atom. The summed E-state index contributed by atoms with van der Waals surface area (Å²) in [5, 5.41) is 10.7. The fourth-order valence-electron chi connectivity index (χ4n) is 1.66. The van der Waals surface area contributed by atoms with E-state index in [0.717, 1.165) is 6.42 Å². The Hall–Kier alpha value is -2.70. The normalized spacial score (nSPS) is 10.2. The number of anilines is 1. The maximum atomic E-state index is 10.7. The smallest absolute Gasteiger partial charge is 0.273 e. The zero-order chi connectivity index (χ0) is 14.5. The van der Waals surface area contributed by atoms with E-state index in [9.17, 15) is 10.1 Å². The van der Waals surface area contributed by atoms with Crippen LogP contribution in [0.1, 0.15) is 19.2 Å². The van der Waals surface area contributed by atoms with Gasteiger partial charge >= 0.3 is 0 Å².